The van der Waals surface area contributed by atoms with Crippen LogP contribution < -0.4 is 10.2 Å². The van der Waals surface area contributed by atoms with Crippen molar-refractivity contribution in [3.63, 3.8) is 0 Å². The Morgan fingerprint density at radius 3 is 3.00 bits per heavy atom. The summed E-state index contributed by atoms with van der Waals surface area (Å²) in [7, 11) is 2.12. The number of anilines is 1. The second-order valence-corrected chi connectivity index (χ2v) is 6.27. The Kier molecular flexibility index (Phi) is 3.79. The Morgan fingerprint density at radius 2 is 2.16 bits per heavy atom. The number of nitrogens with one attached hydrogen (secondary N) is 1. The van der Waals surface area contributed by atoms with Crippen molar-refractivity contribution < 1.29 is 0 Å². The van der Waals surface area contributed by atoms with Gasteiger partial charge in [-0.3, -0.25) is 0 Å². The summed E-state index contributed by atoms with van der Waals surface area (Å²) in [5.74, 6) is 0.831. The highest BCUT2D eigenvalue weighted by molar-refractivity contribution is 5.56. The molecule has 1 N–H and O–H groups in total. The zero-order valence-corrected chi connectivity index (χ0v) is 12.3. The maximum Gasteiger partial charge on any atom is 0.0399 e. The van der Waals surface area contributed by atoms with Gasteiger partial charge in [-0.2, -0.15) is 0 Å². The van der Waals surface area contributed by atoms with E-state index in [-0.39, 0.29) is 0 Å². The topological polar surface area (TPSA) is 15.3 Å². The van der Waals surface area contributed by atoms with Crippen molar-refractivity contribution in [2.45, 2.75) is 45.1 Å². The first-order valence-electron chi connectivity index (χ1n) is 7.79. The van der Waals surface area contributed by atoms with E-state index in [1.54, 1.807) is 5.56 Å². The second-order valence-electron chi connectivity index (χ2n) is 6.27. The molecule has 0 bridgehead atoms. The molecular weight excluding hydrogens is 232 g/mol. The lowest BCUT2D eigenvalue weighted by atomic mass is 9.96. The predicted octanol–water partition coefficient (Wildman–Crippen LogP) is 3.14. The molecule has 0 amide bonds. The average molecular weight is 258 g/mol. The van der Waals surface area contributed by atoms with Gasteiger partial charge in [-0.15, -0.1) is 0 Å². The third-order valence-corrected chi connectivity index (χ3v) is 4.93. The number of fused-ring (bicyclic) bond motifs is 1. The molecule has 0 spiro atoms. The number of nitrogens with zero attached hydrogens (tertiary/aromatic N) is 1. The molecule has 1 fully saturated rings. The molecule has 2 heteroatoms. The Morgan fingerprint density at radius 1 is 1.26 bits per heavy atom. The third-order valence-electron chi connectivity index (χ3n) is 4.93. The van der Waals surface area contributed by atoms with Crippen molar-refractivity contribution in [3.8, 4) is 0 Å². The first kappa shape index (κ1) is 13.0. The number of benzene rings is 1. The molecule has 1 aliphatic carbocycles. The third kappa shape index (κ3) is 2.64. The summed E-state index contributed by atoms with van der Waals surface area (Å²) in [6, 6.07) is 7.72. The summed E-state index contributed by atoms with van der Waals surface area (Å²) in [5.41, 5.74) is 4.46. The summed E-state index contributed by atoms with van der Waals surface area (Å²) in [4.78, 5) is 2.64. The quantitative estimate of drug-likeness (QED) is 0.896. The lowest BCUT2D eigenvalue weighted by molar-refractivity contribution is 0.418. The molecule has 104 valence electrons. The largest absolute Gasteiger partial charge is 0.371 e. The fourth-order valence-electron chi connectivity index (χ4n) is 3.91. The van der Waals surface area contributed by atoms with Crippen molar-refractivity contribution in [1.29, 1.82) is 0 Å². The van der Waals surface area contributed by atoms with Crippen molar-refractivity contribution >= 4 is 5.69 Å². The molecule has 0 radical (unpaired) electrons. The van der Waals surface area contributed by atoms with Crippen molar-refractivity contribution in [1.82, 2.24) is 5.32 Å². The Balaban J connectivity index is 1.76. The lowest BCUT2D eigenvalue weighted by Crippen LogP contribution is -2.40. The first-order chi connectivity index (χ1) is 9.28. The van der Waals surface area contributed by atoms with Gasteiger partial charge >= 0.3 is 0 Å². The molecule has 1 saturated carbocycles. The van der Waals surface area contributed by atoms with Gasteiger partial charge in [0.05, 0.1) is 0 Å². The van der Waals surface area contributed by atoms with Crippen LogP contribution in [0.1, 0.15) is 36.8 Å². The van der Waals surface area contributed by atoms with Gasteiger partial charge in [0.25, 0.3) is 0 Å². The molecule has 3 rings (SSSR count). The molecule has 2 unspecified atom stereocenters. The van der Waals surface area contributed by atoms with Crippen LogP contribution in [0.4, 0.5) is 5.69 Å². The van der Waals surface area contributed by atoms with Crippen molar-refractivity contribution in [2.75, 3.05) is 25.0 Å². The minimum atomic E-state index is 0.732. The van der Waals surface area contributed by atoms with Crippen LogP contribution in [0.15, 0.2) is 18.2 Å². The van der Waals surface area contributed by atoms with Crippen LogP contribution in [-0.2, 0) is 6.42 Å². The van der Waals surface area contributed by atoms with E-state index in [2.05, 4.69) is 42.4 Å². The van der Waals surface area contributed by atoms with Gasteiger partial charge in [0.1, 0.15) is 0 Å². The van der Waals surface area contributed by atoms with Crippen molar-refractivity contribution in [3.05, 3.63) is 29.3 Å². The molecule has 19 heavy (non-hydrogen) atoms. The SMILES string of the molecule is CNC1CCCC1CN1CCCc2cc(C)ccc21. The zero-order valence-electron chi connectivity index (χ0n) is 12.3. The summed E-state index contributed by atoms with van der Waals surface area (Å²) < 4.78 is 0. The molecule has 2 nitrogen and oxygen atoms in total. The fraction of sp³-hybridized carbons (Fsp3) is 0.647. The van der Waals surface area contributed by atoms with Crippen LogP contribution in [0.2, 0.25) is 0 Å². The van der Waals surface area contributed by atoms with Gasteiger partial charge in [-0.1, -0.05) is 24.1 Å². The minimum Gasteiger partial charge on any atom is -0.371 e. The monoisotopic (exact) mass is 258 g/mol. The van der Waals surface area contributed by atoms with Crippen LogP contribution in [0, 0.1) is 12.8 Å². The fourth-order valence-corrected chi connectivity index (χ4v) is 3.91. The predicted molar refractivity (Wildman–Crippen MR) is 81.9 cm³/mol. The molecule has 2 aliphatic rings. The normalized spacial score (nSPS) is 26.5. The molecule has 1 aromatic rings. The van der Waals surface area contributed by atoms with E-state index in [4.69, 9.17) is 0 Å². The Bertz CT molecular complexity index is 441. The summed E-state index contributed by atoms with van der Waals surface area (Å²) in [5, 5.41) is 3.51. The number of hydrogen-bond donors (Lipinski definition) is 1. The van der Waals surface area contributed by atoms with E-state index in [1.165, 1.54) is 56.4 Å². The summed E-state index contributed by atoms with van der Waals surface area (Å²) in [6.07, 6.45) is 6.71. The van der Waals surface area contributed by atoms with E-state index in [0.29, 0.717) is 0 Å². The van der Waals surface area contributed by atoms with E-state index in [9.17, 15) is 0 Å². The lowest BCUT2D eigenvalue weighted by Gasteiger charge is -2.35. The van der Waals surface area contributed by atoms with E-state index < -0.39 is 0 Å². The molecular formula is C17H26N2. The van der Waals surface area contributed by atoms with E-state index in [0.717, 1.165) is 12.0 Å². The molecule has 1 heterocycles. The molecule has 1 aliphatic heterocycles. The van der Waals surface area contributed by atoms with E-state index in [1.807, 2.05) is 0 Å². The first-order valence-corrected chi connectivity index (χ1v) is 7.79. The minimum absolute atomic E-state index is 0.732. The molecule has 0 saturated heterocycles. The smallest absolute Gasteiger partial charge is 0.0399 e. The zero-order chi connectivity index (χ0) is 13.2. The number of hydrogen-bond acceptors (Lipinski definition) is 2. The van der Waals surface area contributed by atoms with Gasteiger partial charge in [-0.25, -0.2) is 0 Å². The second kappa shape index (κ2) is 5.54. The highest BCUT2D eigenvalue weighted by atomic mass is 15.1. The maximum atomic E-state index is 3.51. The molecule has 0 aromatic heterocycles. The van der Waals surface area contributed by atoms with Gasteiger partial charge < -0.3 is 10.2 Å². The maximum absolute atomic E-state index is 3.51. The van der Waals surface area contributed by atoms with Crippen LogP contribution in [0.5, 0.6) is 0 Å². The summed E-state index contributed by atoms with van der Waals surface area (Å²) in [6.45, 7) is 4.68. The standard InChI is InChI=1S/C17H26N2/c1-13-8-9-17-14(11-13)6-4-10-19(17)12-15-5-3-7-16(15)18-2/h8-9,11,15-16,18H,3-7,10,12H2,1-2H3. The molecule has 1 aromatic carbocycles. The van der Waals surface area contributed by atoms with E-state index >= 15 is 0 Å². The Hall–Kier alpha value is -1.02. The van der Waals surface area contributed by atoms with Gasteiger partial charge in [0.15, 0.2) is 0 Å². The van der Waals surface area contributed by atoms with Gasteiger partial charge in [-0.05, 0) is 57.2 Å². The van der Waals surface area contributed by atoms with Crippen LogP contribution in [-0.4, -0.2) is 26.2 Å². The highest BCUT2D eigenvalue weighted by Gasteiger charge is 2.29. The van der Waals surface area contributed by atoms with Gasteiger partial charge in [0.2, 0.25) is 0 Å². The van der Waals surface area contributed by atoms with Gasteiger partial charge in [0, 0.05) is 24.8 Å². The van der Waals surface area contributed by atoms with Crippen LogP contribution in [0.25, 0.3) is 0 Å². The average Bonchev–Trinajstić information content (AvgIpc) is 2.86. The van der Waals surface area contributed by atoms with Crippen LogP contribution >= 0.6 is 0 Å². The molecule has 2 atom stereocenters. The Labute approximate surface area is 117 Å². The summed E-state index contributed by atoms with van der Waals surface area (Å²) >= 11 is 0. The number of rotatable bonds is 3. The number of aryl methyl sites for hydroxylation is 2. The highest BCUT2D eigenvalue weighted by Crippen LogP contribution is 2.32. The van der Waals surface area contributed by atoms with Crippen LogP contribution in [0.3, 0.4) is 0 Å². The van der Waals surface area contributed by atoms with Crippen molar-refractivity contribution in [2.24, 2.45) is 5.92 Å².